The lowest BCUT2D eigenvalue weighted by Crippen LogP contribution is -2.15. The SMILES string of the molecule is CCOC(=O)Oc1ccc(C(=O)CO)cc1OC(=O)OCC.O=C(CO)c1ccc(O)c(O)c1. The largest absolute Gasteiger partial charge is 0.513 e. The number of aliphatic hydroxyl groups is 2. The zero-order valence-electron chi connectivity index (χ0n) is 18.3. The van der Waals surface area contributed by atoms with Crippen molar-refractivity contribution >= 4 is 23.9 Å². The predicted octanol–water partition coefficient (Wildman–Crippen LogP) is 2.21. The van der Waals surface area contributed by atoms with Gasteiger partial charge in [-0.15, -0.1) is 0 Å². The maximum absolute atomic E-state index is 11.5. The van der Waals surface area contributed by atoms with Crippen LogP contribution in [0.4, 0.5) is 9.59 Å². The molecule has 12 heteroatoms. The van der Waals surface area contributed by atoms with Crippen LogP contribution in [0.5, 0.6) is 23.0 Å². The van der Waals surface area contributed by atoms with Gasteiger partial charge in [0.2, 0.25) is 0 Å². The van der Waals surface area contributed by atoms with Gasteiger partial charge in [-0.1, -0.05) is 0 Å². The Hall–Kier alpha value is -4.16. The fourth-order valence-corrected chi connectivity index (χ4v) is 2.20. The van der Waals surface area contributed by atoms with Gasteiger partial charge in [0.15, 0.2) is 34.6 Å². The molecule has 0 spiro atoms. The van der Waals surface area contributed by atoms with E-state index in [0.29, 0.717) is 0 Å². The van der Waals surface area contributed by atoms with Crippen LogP contribution in [0.3, 0.4) is 0 Å². The maximum Gasteiger partial charge on any atom is 0.513 e. The Morgan fingerprint density at radius 3 is 1.62 bits per heavy atom. The second-order valence-electron chi connectivity index (χ2n) is 6.10. The van der Waals surface area contributed by atoms with Crippen molar-refractivity contribution in [2.24, 2.45) is 0 Å². The Labute approximate surface area is 193 Å². The van der Waals surface area contributed by atoms with E-state index in [2.05, 4.69) is 9.47 Å². The summed E-state index contributed by atoms with van der Waals surface area (Å²) in [4.78, 5) is 45.0. The Kier molecular flexibility index (Phi) is 11.5. The molecule has 0 aliphatic heterocycles. The van der Waals surface area contributed by atoms with Crippen LogP contribution < -0.4 is 9.47 Å². The number of hydrogen-bond donors (Lipinski definition) is 4. The molecule has 0 amide bonds. The minimum atomic E-state index is -1.02. The summed E-state index contributed by atoms with van der Waals surface area (Å²) in [6.07, 6.45) is -2.01. The molecule has 0 heterocycles. The van der Waals surface area contributed by atoms with E-state index in [1.54, 1.807) is 13.8 Å². The van der Waals surface area contributed by atoms with Crippen molar-refractivity contribution in [1.29, 1.82) is 0 Å². The van der Waals surface area contributed by atoms with Crippen LogP contribution in [-0.2, 0) is 9.47 Å². The maximum atomic E-state index is 11.5. The first kappa shape index (κ1) is 27.9. The van der Waals surface area contributed by atoms with Crippen molar-refractivity contribution in [3.05, 3.63) is 47.5 Å². The molecule has 0 unspecified atom stereocenters. The van der Waals surface area contributed by atoms with Crippen LogP contribution in [0.25, 0.3) is 0 Å². The summed E-state index contributed by atoms with van der Waals surface area (Å²) in [5.41, 5.74) is 0.255. The van der Waals surface area contributed by atoms with E-state index >= 15 is 0 Å². The molecule has 0 aromatic heterocycles. The molecule has 2 rings (SSSR count). The van der Waals surface area contributed by atoms with Crippen molar-refractivity contribution in [3.63, 3.8) is 0 Å². The Bertz CT molecular complexity index is 1010. The number of ketones is 2. The van der Waals surface area contributed by atoms with Gasteiger partial charge >= 0.3 is 12.3 Å². The summed E-state index contributed by atoms with van der Waals surface area (Å²) in [6.45, 7) is 2.06. The zero-order valence-corrected chi connectivity index (χ0v) is 18.3. The van der Waals surface area contributed by atoms with E-state index in [1.165, 1.54) is 24.3 Å². The van der Waals surface area contributed by atoms with Gasteiger partial charge in [0.05, 0.1) is 13.2 Å². The third kappa shape index (κ3) is 8.76. The molecule has 0 bridgehead atoms. The van der Waals surface area contributed by atoms with Crippen molar-refractivity contribution in [3.8, 4) is 23.0 Å². The quantitative estimate of drug-likeness (QED) is 0.187. The second-order valence-corrected chi connectivity index (χ2v) is 6.10. The van der Waals surface area contributed by atoms with Crippen molar-refractivity contribution in [2.75, 3.05) is 26.4 Å². The van der Waals surface area contributed by atoms with Gasteiger partial charge in [-0.2, -0.15) is 0 Å². The molecule has 2 aromatic carbocycles. The Balaban J connectivity index is 0.000000404. The number of carbonyl (C=O) groups excluding carboxylic acids is 4. The normalized spacial score (nSPS) is 9.76. The molecular weight excluding hydrogens is 456 g/mol. The lowest BCUT2D eigenvalue weighted by atomic mass is 10.1. The molecule has 2 aromatic rings. The summed E-state index contributed by atoms with van der Waals surface area (Å²) < 4.78 is 19.0. The zero-order chi connectivity index (χ0) is 25.7. The minimum Gasteiger partial charge on any atom is -0.504 e. The third-order valence-electron chi connectivity index (χ3n) is 3.76. The van der Waals surface area contributed by atoms with Crippen LogP contribution in [0.2, 0.25) is 0 Å². The van der Waals surface area contributed by atoms with E-state index in [9.17, 15) is 19.2 Å². The molecule has 0 aliphatic rings. The molecule has 4 N–H and O–H groups in total. The van der Waals surface area contributed by atoms with Crippen LogP contribution >= 0.6 is 0 Å². The van der Waals surface area contributed by atoms with E-state index < -0.39 is 37.1 Å². The highest BCUT2D eigenvalue weighted by atomic mass is 16.7. The lowest BCUT2D eigenvalue weighted by Gasteiger charge is -2.11. The molecular formula is C22H24O12. The minimum absolute atomic E-state index is 0.0815. The van der Waals surface area contributed by atoms with E-state index in [-0.39, 0.29) is 47.3 Å². The van der Waals surface area contributed by atoms with Crippen LogP contribution in [0, 0.1) is 0 Å². The first-order chi connectivity index (χ1) is 16.2. The second kappa shape index (κ2) is 14.1. The molecule has 0 fully saturated rings. The van der Waals surface area contributed by atoms with E-state index in [4.69, 9.17) is 29.9 Å². The molecule has 34 heavy (non-hydrogen) atoms. The van der Waals surface area contributed by atoms with Crippen molar-refractivity contribution in [2.45, 2.75) is 13.8 Å². The topological polar surface area (TPSA) is 186 Å². The van der Waals surface area contributed by atoms with Crippen LogP contribution in [0.1, 0.15) is 34.6 Å². The number of benzene rings is 2. The first-order valence-electron chi connectivity index (χ1n) is 9.80. The van der Waals surface area contributed by atoms with Gasteiger partial charge in [0.25, 0.3) is 0 Å². The number of carbonyl (C=O) groups is 4. The average Bonchev–Trinajstić information content (AvgIpc) is 2.81. The van der Waals surface area contributed by atoms with Gasteiger partial charge in [-0.3, -0.25) is 9.59 Å². The number of aliphatic hydroxyl groups excluding tert-OH is 2. The number of ether oxygens (including phenoxy) is 4. The van der Waals surface area contributed by atoms with Crippen molar-refractivity contribution < 1.29 is 58.6 Å². The lowest BCUT2D eigenvalue weighted by molar-refractivity contribution is 0.0894. The Morgan fingerprint density at radius 2 is 1.15 bits per heavy atom. The fraction of sp³-hybridized carbons (Fsp3) is 0.273. The van der Waals surface area contributed by atoms with Gasteiger partial charge < -0.3 is 39.4 Å². The monoisotopic (exact) mass is 480 g/mol. The number of phenols is 2. The summed E-state index contributed by atoms with van der Waals surface area (Å²) in [6, 6.07) is 7.34. The van der Waals surface area contributed by atoms with Gasteiger partial charge in [-0.05, 0) is 50.2 Å². The highest BCUT2D eigenvalue weighted by Gasteiger charge is 2.18. The van der Waals surface area contributed by atoms with Gasteiger partial charge in [-0.25, -0.2) is 9.59 Å². The molecule has 0 radical (unpaired) electrons. The number of phenolic OH excluding ortho intramolecular Hbond substituents is 2. The van der Waals surface area contributed by atoms with Gasteiger partial charge in [0, 0.05) is 11.1 Å². The van der Waals surface area contributed by atoms with E-state index in [1.807, 2.05) is 0 Å². The molecule has 0 saturated heterocycles. The molecule has 12 nitrogen and oxygen atoms in total. The molecule has 0 atom stereocenters. The summed E-state index contributed by atoms with van der Waals surface area (Å²) in [7, 11) is 0. The van der Waals surface area contributed by atoms with Crippen LogP contribution in [-0.4, -0.2) is 70.7 Å². The number of hydrogen-bond acceptors (Lipinski definition) is 12. The Morgan fingerprint density at radius 1 is 0.676 bits per heavy atom. The molecule has 184 valence electrons. The fourth-order valence-electron chi connectivity index (χ4n) is 2.20. The standard InChI is InChI=1S/C14H16O8.C8H8O4/c1-3-19-13(17)21-11-6-5-9(10(16)8-15)7-12(11)22-14(18)20-4-2;9-4-8(12)5-1-2-6(10)7(11)3-5/h5-7,15H,3-4,8H2,1-2H3;1-3,9-11H,4H2. The predicted molar refractivity (Wildman–Crippen MR) is 114 cm³/mol. The summed E-state index contributed by atoms with van der Waals surface area (Å²) >= 11 is 0. The first-order valence-corrected chi connectivity index (χ1v) is 9.80. The smallest absolute Gasteiger partial charge is 0.504 e. The summed E-state index contributed by atoms with van der Waals surface area (Å²) in [5.74, 6) is -2.06. The van der Waals surface area contributed by atoms with Crippen molar-refractivity contribution in [1.82, 2.24) is 0 Å². The van der Waals surface area contributed by atoms with Gasteiger partial charge in [0.1, 0.15) is 13.2 Å². The van der Waals surface area contributed by atoms with E-state index in [0.717, 1.165) is 12.1 Å². The number of aromatic hydroxyl groups is 2. The highest BCUT2D eigenvalue weighted by Crippen LogP contribution is 2.29. The molecule has 0 saturated carbocycles. The molecule has 0 aliphatic carbocycles. The summed E-state index contributed by atoms with van der Waals surface area (Å²) in [5, 5.41) is 35.1. The van der Waals surface area contributed by atoms with Crippen LogP contribution in [0.15, 0.2) is 36.4 Å². The number of Topliss-reactive ketones (excluding diaryl/α,β-unsaturated/α-hetero) is 2. The average molecular weight is 480 g/mol. The highest BCUT2D eigenvalue weighted by molar-refractivity contribution is 5.98. The third-order valence-corrected chi connectivity index (χ3v) is 3.76. The number of rotatable bonds is 8.